The van der Waals surface area contributed by atoms with Gasteiger partial charge in [0.1, 0.15) is 36.5 Å². The molecule has 0 atom stereocenters. The van der Waals surface area contributed by atoms with E-state index in [1.807, 2.05) is 0 Å². The van der Waals surface area contributed by atoms with Crippen LogP contribution < -0.4 is 15.4 Å². The lowest BCUT2D eigenvalue weighted by Crippen LogP contribution is -2.19. The van der Waals surface area contributed by atoms with E-state index in [2.05, 4.69) is 30.7 Å². The molecule has 1 amide bonds. The van der Waals surface area contributed by atoms with Crippen molar-refractivity contribution in [2.45, 2.75) is 12.7 Å². The van der Waals surface area contributed by atoms with Gasteiger partial charge in [0.15, 0.2) is 0 Å². The Bertz CT molecular complexity index is 1620. The fourth-order valence-corrected chi connectivity index (χ4v) is 3.76. The predicted molar refractivity (Wildman–Crippen MR) is 133 cm³/mol. The number of hydrogen-bond donors (Lipinski definition) is 2. The van der Waals surface area contributed by atoms with Crippen LogP contribution in [0.15, 0.2) is 67.4 Å². The highest BCUT2D eigenvalue weighted by atomic mass is 35.5. The van der Waals surface area contributed by atoms with Gasteiger partial charge in [-0.1, -0.05) is 11.6 Å². The minimum atomic E-state index is -4.51. The Hall–Kier alpha value is -4.65. The lowest BCUT2D eigenvalue weighted by Gasteiger charge is -2.12. The maximum absolute atomic E-state index is 13.1. The van der Waals surface area contributed by atoms with E-state index >= 15 is 0 Å². The molecule has 0 saturated carbocycles. The summed E-state index contributed by atoms with van der Waals surface area (Å²) >= 11 is 6.12. The van der Waals surface area contributed by atoms with Gasteiger partial charge < -0.3 is 19.9 Å². The maximum Gasteiger partial charge on any atom is 0.416 e. The Balaban J connectivity index is 1.33. The maximum atomic E-state index is 13.1. The third-order valence-corrected chi connectivity index (χ3v) is 5.73. The van der Waals surface area contributed by atoms with Crippen LogP contribution in [0.3, 0.4) is 0 Å². The van der Waals surface area contributed by atoms with Crippen molar-refractivity contribution in [3.8, 4) is 11.5 Å². The molecule has 0 aliphatic carbocycles. The molecule has 0 unspecified atom stereocenters. The number of nitrogens with zero attached hydrogens (tertiary/aromatic N) is 6. The first-order valence-corrected chi connectivity index (χ1v) is 11.4. The molecule has 194 valence electrons. The van der Waals surface area contributed by atoms with Crippen LogP contribution in [0.5, 0.6) is 11.5 Å². The van der Waals surface area contributed by atoms with Gasteiger partial charge in [0.05, 0.1) is 27.3 Å². The zero-order chi connectivity index (χ0) is 26.9. The topological polar surface area (TPSA) is 112 Å². The summed E-state index contributed by atoms with van der Waals surface area (Å²) in [6.07, 6.45) is -0.263. The zero-order valence-electron chi connectivity index (χ0n) is 19.6. The lowest BCUT2D eigenvalue weighted by atomic mass is 10.2. The van der Waals surface area contributed by atoms with Crippen molar-refractivity contribution in [1.82, 2.24) is 29.3 Å². The molecule has 3 heterocycles. The van der Waals surface area contributed by atoms with Gasteiger partial charge in [-0.25, -0.2) is 19.6 Å². The minimum Gasteiger partial charge on any atom is -0.457 e. The first-order valence-electron chi connectivity index (χ1n) is 11.0. The van der Waals surface area contributed by atoms with E-state index in [0.717, 1.165) is 12.1 Å². The second-order valence-corrected chi connectivity index (χ2v) is 8.49. The van der Waals surface area contributed by atoms with Gasteiger partial charge in [-0.05, 0) is 36.4 Å². The molecule has 14 heteroatoms. The lowest BCUT2D eigenvalue weighted by molar-refractivity contribution is -0.137. The summed E-state index contributed by atoms with van der Waals surface area (Å²) in [5.41, 5.74) is 0.487. The van der Waals surface area contributed by atoms with Crippen LogP contribution in [0.1, 0.15) is 5.56 Å². The highest BCUT2D eigenvalue weighted by Gasteiger charge is 2.31. The van der Waals surface area contributed by atoms with Gasteiger partial charge in [0, 0.05) is 25.4 Å². The van der Waals surface area contributed by atoms with Crippen molar-refractivity contribution in [2.75, 3.05) is 10.6 Å². The molecule has 0 aliphatic heterocycles. The number of halogens is 4. The number of carbonyl (C=O) groups is 1. The van der Waals surface area contributed by atoms with E-state index in [1.54, 1.807) is 41.9 Å². The Morgan fingerprint density at radius 2 is 1.92 bits per heavy atom. The molecule has 10 nitrogen and oxygen atoms in total. The summed E-state index contributed by atoms with van der Waals surface area (Å²) in [4.78, 5) is 24.6. The molecule has 0 bridgehead atoms. The number of alkyl halides is 3. The predicted octanol–water partition coefficient (Wildman–Crippen LogP) is 5.41. The standard InChI is InChI=1S/C24H18ClF3N8O2/c1-35-20-5-3-15(38-16-6-7-30-21(10-16)34-22(37)11-36-13-29-12-31-36)9-19(20)33-23(35)32-18-8-14(24(26,27)28)2-4-17(18)25/h2-10,12-13H,11H2,1H3,(H,32,33)(H,30,34,37). The molecule has 2 N–H and O–H groups in total. The molecule has 0 aliphatic rings. The molecule has 5 aromatic rings. The molecule has 38 heavy (non-hydrogen) atoms. The van der Waals surface area contributed by atoms with Gasteiger partial charge in [-0.15, -0.1) is 0 Å². The van der Waals surface area contributed by atoms with Crippen LogP contribution in [0.2, 0.25) is 5.02 Å². The van der Waals surface area contributed by atoms with Gasteiger partial charge in [-0.2, -0.15) is 18.3 Å². The molecule has 2 aromatic carbocycles. The summed E-state index contributed by atoms with van der Waals surface area (Å²) in [5, 5.41) is 9.54. The number of hydrogen-bond acceptors (Lipinski definition) is 7. The van der Waals surface area contributed by atoms with Crippen LogP contribution in [-0.2, 0) is 24.6 Å². The Kier molecular flexibility index (Phi) is 6.59. The summed E-state index contributed by atoms with van der Waals surface area (Å²) in [6.45, 7) is -0.0226. The fourth-order valence-electron chi connectivity index (χ4n) is 3.60. The average Bonchev–Trinajstić information content (AvgIpc) is 3.47. The minimum absolute atomic E-state index is 0.0226. The molecular formula is C24H18ClF3N8O2. The molecule has 3 aromatic heterocycles. The van der Waals surface area contributed by atoms with E-state index < -0.39 is 11.7 Å². The van der Waals surface area contributed by atoms with Crippen molar-refractivity contribution >= 4 is 46.0 Å². The second-order valence-electron chi connectivity index (χ2n) is 8.08. The number of fused-ring (bicyclic) bond motifs is 1. The van der Waals surface area contributed by atoms with Gasteiger partial charge in [0.25, 0.3) is 0 Å². The number of amides is 1. The monoisotopic (exact) mass is 542 g/mol. The first-order chi connectivity index (χ1) is 18.2. The zero-order valence-corrected chi connectivity index (χ0v) is 20.3. The Morgan fingerprint density at radius 3 is 2.68 bits per heavy atom. The third kappa shape index (κ3) is 5.52. The van der Waals surface area contributed by atoms with E-state index in [4.69, 9.17) is 16.3 Å². The number of benzene rings is 2. The molecule has 0 saturated heterocycles. The van der Waals surface area contributed by atoms with Crippen LogP contribution in [0, 0.1) is 0 Å². The highest BCUT2D eigenvalue weighted by molar-refractivity contribution is 6.33. The molecule has 5 rings (SSSR count). The quantitative estimate of drug-likeness (QED) is 0.283. The van der Waals surface area contributed by atoms with Crippen molar-refractivity contribution in [3.63, 3.8) is 0 Å². The number of carbonyl (C=O) groups excluding carboxylic acids is 1. The van der Waals surface area contributed by atoms with Crippen LogP contribution in [-0.4, -0.2) is 35.2 Å². The molecular weight excluding hydrogens is 525 g/mol. The van der Waals surface area contributed by atoms with Crippen molar-refractivity contribution in [2.24, 2.45) is 7.05 Å². The van der Waals surface area contributed by atoms with Crippen LogP contribution in [0.4, 0.5) is 30.6 Å². The molecule has 0 spiro atoms. The Morgan fingerprint density at radius 1 is 1.11 bits per heavy atom. The number of nitrogens with one attached hydrogen (secondary N) is 2. The van der Waals surface area contributed by atoms with E-state index in [9.17, 15) is 18.0 Å². The van der Waals surface area contributed by atoms with Crippen molar-refractivity contribution in [3.05, 3.63) is 78.0 Å². The van der Waals surface area contributed by atoms with Crippen LogP contribution >= 0.6 is 11.6 Å². The largest absolute Gasteiger partial charge is 0.457 e. The number of aryl methyl sites for hydroxylation is 1. The number of anilines is 3. The third-order valence-electron chi connectivity index (χ3n) is 5.40. The number of ether oxygens (including phenoxy) is 1. The van der Waals surface area contributed by atoms with Gasteiger partial charge >= 0.3 is 6.18 Å². The van der Waals surface area contributed by atoms with E-state index in [1.165, 1.54) is 29.6 Å². The van der Waals surface area contributed by atoms with Gasteiger partial charge in [0.2, 0.25) is 11.9 Å². The average molecular weight is 543 g/mol. The first kappa shape index (κ1) is 25.0. The van der Waals surface area contributed by atoms with Crippen molar-refractivity contribution < 1.29 is 22.7 Å². The van der Waals surface area contributed by atoms with Gasteiger partial charge in [-0.3, -0.25) is 4.79 Å². The van der Waals surface area contributed by atoms with Crippen LogP contribution in [0.25, 0.3) is 11.0 Å². The summed E-state index contributed by atoms with van der Waals surface area (Å²) in [7, 11) is 1.72. The molecule has 0 radical (unpaired) electrons. The number of aromatic nitrogens is 6. The highest BCUT2D eigenvalue weighted by Crippen LogP contribution is 2.35. The number of rotatable bonds is 7. The summed E-state index contributed by atoms with van der Waals surface area (Å²) in [6, 6.07) is 11.4. The molecule has 0 fully saturated rings. The van der Waals surface area contributed by atoms with Crippen molar-refractivity contribution in [1.29, 1.82) is 0 Å². The van der Waals surface area contributed by atoms with E-state index in [-0.39, 0.29) is 29.0 Å². The number of imidazole rings is 1. The SMILES string of the molecule is Cn1c(Nc2cc(C(F)(F)F)ccc2Cl)nc2cc(Oc3ccnc(NC(=O)Cn4cncn4)c3)ccc21. The fraction of sp³-hybridized carbons (Fsp3) is 0.125. The number of pyridine rings is 1. The second kappa shape index (κ2) is 10.0. The summed E-state index contributed by atoms with van der Waals surface area (Å²) < 4.78 is 48.4. The normalized spacial score (nSPS) is 11.5. The smallest absolute Gasteiger partial charge is 0.416 e. The Labute approximate surface area is 218 Å². The summed E-state index contributed by atoms with van der Waals surface area (Å²) in [5.74, 6) is 1.11. The van der Waals surface area contributed by atoms with E-state index in [0.29, 0.717) is 28.5 Å².